The first-order valence-corrected chi connectivity index (χ1v) is 41.8. The Morgan fingerprint density at radius 1 is 0.368 bits per heavy atom. The molecule has 4 aliphatic carbocycles. The van der Waals surface area contributed by atoms with Gasteiger partial charge in [0, 0.05) is 86.2 Å². The van der Waals surface area contributed by atoms with Gasteiger partial charge in [-0.15, -0.1) is 0 Å². The van der Waals surface area contributed by atoms with E-state index in [-0.39, 0.29) is 60.5 Å². The molecular formula is C94H125BrN16O6. The number of carbonyl (C=O) groups is 4. The van der Waals surface area contributed by atoms with Crippen LogP contribution in [0.1, 0.15) is 221 Å². The zero-order valence-corrected chi connectivity index (χ0v) is 72.5. The predicted octanol–water partition coefficient (Wildman–Crippen LogP) is 20.3. The average Bonchev–Trinajstić information content (AvgIpc) is 0.794. The third-order valence-corrected chi connectivity index (χ3v) is 21.2. The zero-order chi connectivity index (χ0) is 85.3. The minimum atomic E-state index is -0.524. The van der Waals surface area contributed by atoms with Gasteiger partial charge in [0.15, 0.2) is 0 Å². The Hall–Kier alpha value is -11.0. The summed E-state index contributed by atoms with van der Waals surface area (Å²) in [5.41, 5.74) is 49.3. The molecule has 12 rings (SSSR count). The monoisotopic (exact) mass is 1650 g/mol. The number of hydrogen-bond acceptors (Lipinski definition) is 18. The van der Waals surface area contributed by atoms with Crippen molar-refractivity contribution in [2.45, 2.75) is 259 Å². The van der Waals surface area contributed by atoms with Crippen molar-refractivity contribution >= 4 is 102 Å². The molecule has 0 spiro atoms. The molecule has 22 nitrogen and oxygen atoms in total. The number of rotatable bonds is 18. The smallest absolute Gasteiger partial charge is 0.407 e. The maximum absolute atomic E-state index is 12.3. The highest BCUT2D eigenvalue weighted by Crippen LogP contribution is 2.34. The number of nitrogens with one attached hydrogen (secondary N) is 9. The first-order chi connectivity index (χ1) is 55.4. The van der Waals surface area contributed by atoms with Crippen molar-refractivity contribution in [1.82, 2.24) is 10.6 Å². The molecule has 4 fully saturated rings. The normalized spacial score (nSPS) is 18.8. The van der Waals surface area contributed by atoms with Gasteiger partial charge in [0.25, 0.3) is 11.8 Å². The number of nitriles is 2. The lowest BCUT2D eigenvalue weighted by Gasteiger charge is -2.34. The number of nitrogens with two attached hydrogens (primary N) is 5. The molecular weight excluding hydrogens is 1530 g/mol. The predicted molar refractivity (Wildman–Crippen MR) is 484 cm³/mol. The molecule has 0 saturated heterocycles. The van der Waals surface area contributed by atoms with E-state index in [9.17, 15) is 24.4 Å². The van der Waals surface area contributed by atoms with Crippen LogP contribution in [0.2, 0.25) is 0 Å². The molecule has 19 N–H and O–H groups in total. The molecule has 0 radical (unpaired) electrons. The largest absolute Gasteiger partial charge is 0.444 e. The van der Waals surface area contributed by atoms with Gasteiger partial charge >= 0.3 is 12.2 Å². The number of hydrogen-bond donors (Lipinski definition) is 14. The number of ether oxygens (including phenoxy) is 2. The Kier molecular flexibility index (Phi) is 33.9. The van der Waals surface area contributed by atoms with Gasteiger partial charge in [0.05, 0.1) is 51.4 Å². The van der Waals surface area contributed by atoms with Gasteiger partial charge in [-0.1, -0.05) is 75.6 Å². The lowest BCUT2D eigenvalue weighted by molar-refractivity contribution is 0.0477. The van der Waals surface area contributed by atoms with Crippen molar-refractivity contribution in [3.05, 3.63) is 217 Å². The number of benzene rings is 8. The molecule has 8 aromatic rings. The number of halogens is 1. The molecule has 117 heavy (non-hydrogen) atoms. The summed E-state index contributed by atoms with van der Waals surface area (Å²) in [7, 11) is 0. The molecule has 4 amide bonds. The van der Waals surface area contributed by atoms with Gasteiger partial charge in [-0.2, -0.15) is 10.5 Å². The molecule has 4 saturated carbocycles. The van der Waals surface area contributed by atoms with Crippen LogP contribution >= 0.6 is 15.9 Å². The second-order valence-corrected chi connectivity index (χ2v) is 34.7. The van der Waals surface area contributed by atoms with Crippen LogP contribution in [0, 0.1) is 78.1 Å². The number of aryl methyl sites for hydroxylation is 8. The van der Waals surface area contributed by atoms with E-state index >= 15 is 0 Å². The number of anilines is 11. The summed E-state index contributed by atoms with van der Waals surface area (Å²) in [6.07, 6.45) is 16.4. The summed E-state index contributed by atoms with van der Waals surface area (Å²) in [4.78, 5) is 48.1. The van der Waals surface area contributed by atoms with Crippen LogP contribution in [0.5, 0.6) is 0 Å². The topological polar surface area (TPSA) is 373 Å². The van der Waals surface area contributed by atoms with Crippen LogP contribution in [0.15, 0.2) is 150 Å². The van der Waals surface area contributed by atoms with Gasteiger partial charge in [-0.25, -0.2) is 9.59 Å². The molecule has 4 aliphatic rings. The molecule has 0 aromatic heterocycles. The second kappa shape index (κ2) is 43.3. The molecule has 8 aromatic carbocycles. The summed E-state index contributed by atoms with van der Waals surface area (Å²) in [6.45, 7) is 27.6. The van der Waals surface area contributed by atoms with Crippen LogP contribution < -0.4 is 76.5 Å². The highest BCUT2D eigenvalue weighted by atomic mass is 79.9. The number of nitrogen functional groups attached to an aromatic ring is 1. The van der Waals surface area contributed by atoms with Crippen molar-refractivity contribution in [3.63, 3.8) is 0 Å². The fourth-order valence-electron chi connectivity index (χ4n) is 15.5. The van der Waals surface area contributed by atoms with E-state index in [2.05, 4.69) is 178 Å². The van der Waals surface area contributed by atoms with E-state index in [0.717, 1.165) is 155 Å². The Morgan fingerprint density at radius 3 is 0.966 bits per heavy atom. The minimum Gasteiger partial charge on any atom is -0.444 e. The Morgan fingerprint density at radius 2 is 0.650 bits per heavy atom. The maximum Gasteiger partial charge on any atom is 0.407 e. The van der Waals surface area contributed by atoms with Crippen LogP contribution in [0.3, 0.4) is 0 Å². The van der Waals surface area contributed by atoms with Crippen LogP contribution in [-0.2, 0) is 9.47 Å². The lowest BCUT2D eigenvalue weighted by atomic mass is 9.90. The molecule has 23 heteroatoms. The maximum atomic E-state index is 12.3. The second-order valence-electron chi connectivity index (χ2n) is 33.8. The molecule has 624 valence electrons. The van der Waals surface area contributed by atoms with E-state index in [1.807, 2.05) is 122 Å². The van der Waals surface area contributed by atoms with E-state index in [0.29, 0.717) is 33.6 Å². The third kappa shape index (κ3) is 30.5. The molecule has 0 heterocycles. The van der Waals surface area contributed by atoms with Gasteiger partial charge in [0.1, 0.15) is 23.3 Å². The van der Waals surface area contributed by atoms with Gasteiger partial charge in [0.2, 0.25) is 0 Å². The van der Waals surface area contributed by atoms with Crippen LogP contribution in [-0.4, -0.2) is 83.5 Å². The molecule has 0 aliphatic heterocycles. The van der Waals surface area contributed by atoms with Crippen LogP contribution in [0.4, 0.5) is 72.2 Å². The summed E-state index contributed by atoms with van der Waals surface area (Å²) < 4.78 is 11.6. The van der Waals surface area contributed by atoms with E-state index in [4.69, 9.17) is 43.4 Å². The molecule has 0 unspecified atom stereocenters. The van der Waals surface area contributed by atoms with Crippen LogP contribution in [0.25, 0.3) is 0 Å². The van der Waals surface area contributed by atoms with Gasteiger partial charge in [-0.05, 0) is 330 Å². The number of amides is 4. The fourth-order valence-corrected chi connectivity index (χ4v) is 15.9. The van der Waals surface area contributed by atoms with E-state index < -0.39 is 23.0 Å². The summed E-state index contributed by atoms with van der Waals surface area (Å²) in [5.74, 6) is -0.893. The quantitative estimate of drug-likeness (QED) is 0.0355. The summed E-state index contributed by atoms with van der Waals surface area (Å²) in [5, 5.41) is 48.8. The fraction of sp³-hybridized carbons (Fsp3) is 0.426. The Bertz CT molecular complexity index is 4540. The third-order valence-electron chi connectivity index (χ3n) is 20.5. The Balaban J connectivity index is 0.000000188. The van der Waals surface area contributed by atoms with Crippen molar-refractivity contribution in [3.8, 4) is 12.1 Å². The van der Waals surface area contributed by atoms with Crippen molar-refractivity contribution in [1.29, 1.82) is 10.5 Å². The van der Waals surface area contributed by atoms with Crippen molar-refractivity contribution in [2.75, 3.05) is 43.0 Å². The number of carbonyl (C=O) groups excluding carboxylic acids is 4. The molecule has 8 atom stereocenters. The van der Waals surface area contributed by atoms with Gasteiger partial charge < -0.3 is 86.0 Å². The number of alkyl carbamates (subject to hydrolysis) is 2. The number of nitrogens with zero attached hydrogens (tertiary/aromatic N) is 2. The average molecular weight is 1660 g/mol. The van der Waals surface area contributed by atoms with Gasteiger partial charge in [-0.3, -0.25) is 9.59 Å². The summed E-state index contributed by atoms with van der Waals surface area (Å²) in [6, 6.07) is 52.7. The standard InChI is InChI=1S/C26H34N4O2.2C21H28N4O.C18H24BrN3O2.C8H11N/c1-17-12-18(2)14-21(13-17)29-24-15-20(11-10-19(24)16-27)28-22-8-6-7-9-23(22)30-25(31)32-26(3,4)5;2*1-13-9-14(2)11-16(10-13)25-20-12-15(7-8-17(20)21(23)26)24-19-6-4-3-5-18(19)22;1-18(2,3)24-17(23)22-16-7-5-4-6-15(16)21-13-9-8-12(11-20)14(19)10-13;1-6-3-7(2)5-8(9)4-6/h10-15,22-23,28-29H,6-9H2,1-5H3,(H,30,31);2*7-12,18-19,24-25H,3-6,22H2,1-2H3,(H2,23,26);8-10,15-16,21H,4-7H2,1-3H3,(H,22,23);3-5H,9H2,1-2H3/t22-,23+;2*18-,19+;15-,16+;/m1001./s1. The highest BCUT2D eigenvalue weighted by molar-refractivity contribution is 9.10. The number of primary amides is 2. The first-order valence-electron chi connectivity index (χ1n) is 41.0. The lowest BCUT2D eigenvalue weighted by Crippen LogP contribution is -2.49. The molecule has 0 bridgehead atoms. The van der Waals surface area contributed by atoms with Crippen molar-refractivity contribution < 1.29 is 28.7 Å². The van der Waals surface area contributed by atoms with E-state index in [1.165, 1.54) is 47.9 Å². The summed E-state index contributed by atoms with van der Waals surface area (Å²) >= 11 is 3.41. The highest BCUT2D eigenvalue weighted by Gasteiger charge is 2.31. The SMILES string of the molecule is CC(C)(C)OC(=O)N[C@H]1CCCC[C@H]1Nc1ccc(C#N)c(Br)c1.Cc1cc(C)cc(N)c1.Cc1cc(C)cc(Nc2cc(N[C@@H]3CCCC[C@@H]3N)ccc2C(N)=O)c1.Cc1cc(C)cc(Nc2cc(N[C@@H]3CCCC[C@@H]3N)ccc2C(N)=O)c1.Cc1cc(C)cc(Nc2cc(N[C@@H]3CCCC[C@@H]3NC(=O)OC(C)(C)C)ccc2C#N)c1. The first kappa shape index (κ1) is 91.5. The van der Waals surface area contributed by atoms with E-state index in [1.54, 1.807) is 18.2 Å². The Labute approximate surface area is 702 Å². The zero-order valence-electron chi connectivity index (χ0n) is 70.9. The van der Waals surface area contributed by atoms with Crippen molar-refractivity contribution in [2.24, 2.45) is 22.9 Å². The minimum absolute atomic E-state index is 0.00919.